The maximum absolute atomic E-state index is 12.4. The molecule has 3 aromatic rings. The van der Waals surface area contributed by atoms with Crippen molar-refractivity contribution in [3.8, 4) is 17.2 Å². The molecule has 0 saturated heterocycles. The van der Waals surface area contributed by atoms with Crippen LogP contribution >= 0.6 is 0 Å². The number of methoxy groups -OCH3 is 3. The van der Waals surface area contributed by atoms with Crippen LogP contribution < -0.4 is 24.8 Å². The summed E-state index contributed by atoms with van der Waals surface area (Å²) in [6.45, 7) is 0.572. The minimum Gasteiger partial charge on any atom is -0.497 e. The van der Waals surface area contributed by atoms with E-state index in [0.717, 1.165) is 5.56 Å². The maximum Gasteiger partial charge on any atom is 0.255 e. The predicted molar refractivity (Wildman–Crippen MR) is 112 cm³/mol. The molecule has 0 aliphatic carbocycles. The Hall–Kier alpha value is -3.74. The third kappa shape index (κ3) is 5.16. The first-order valence-corrected chi connectivity index (χ1v) is 8.99. The molecular weight excluding hydrogens is 370 g/mol. The van der Waals surface area contributed by atoms with Gasteiger partial charge in [-0.05, 0) is 48.0 Å². The predicted octanol–water partition coefficient (Wildman–Crippen LogP) is 3.97. The summed E-state index contributed by atoms with van der Waals surface area (Å²) < 4.78 is 15.7. The van der Waals surface area contributed by atoms with Gasteiger partial charge in [-0.3, -0.25) is 4.79 Å². The van der Waals surface area contributed by atoms with Gasteiger partial charge in [-0.2, -0.15) is 0 Å². The molecule has 0 aliphatic rings. The van der Waals surface area contributed by atoms with E-state index in [9.17, 15) is 4.79 Å². The van der Waals surface area contributed by atoms with Crippen molar-refractivity contribution in [2.24, 2.45) is 0 Å². The van der Waals surface area contributed by atoms with Gasteiger partial charge in [0, 0.05) is 12.1 Å². The van der Waals surface area contributed by atoms with Gasteiger partial charge in [-0.1, -0.05) is 12.1 Å². The number of hydrogen-bond acceptors (Lipinski definition) is 6. The lowest BCUT2D eigenvalue weighted by Gasteiger charge is -2.11. The summed E-state index contributed by atoms with van der Waals surface area (Å²) in [7, 11) is 4.78. The second-order valence-electron chi connectivity index (χ2n) is 6.16. The Labute approximate surface area is 169 Å². The molecule has 0 saturated carbocycles. The van der Waals surface area contributed by atoms with Crippen LogP contribution in [0, 0.1) is 0 Å². The average Bonchev–Trinajstić information content (AvgIpc) is 2.78. The summed E-state index contributed by atoms with van der Waals surface area (Å²) in [5, 5.41) is 6.06. The van der Waals surface area contributed by atoms with Crippen LogP contribution in [0.2, 0.25) is 0 Å². The molecular formula is C22H23N3O4. The Morgan fingerprint density at radius 2 is 1.76 bits per heavy atom. The van der Waals surface area contributed by atoms with Crippen molar-refractivity contribution in [2.75, 3.05) is 32.0 Å². The zero-order valence-corrected chi connectivity index (χ0v) is 16.6. The van der Waals surface area contributed by atoms with Crippen LogP contribution in [0.5, 0.6) is 17.2 Å². The number of rotatable bonds is 8. The van der Waals surface area contributed by atoms with Crippen molar-refractivity contribution in [2.45, 2.75) is 6.54 Å². The summed E-state index contributed by atoms with van der Waals surface area (Å²) in [6, 6.07) is 16.3. The number of amides is 1. The molecule has 0 aliphatic heterocycles. The Kier molecular flexibility index (Phi) is 6.52. The van der Waals surface area contributed by atoms with Crippen molar-refractivity contribution in [3.05, 3.63) is 71.9 Å². The number of nitrogens with one attached hydrogen (secondary N) is 2. The maximum atomic E-state index is 12.4. The van der Waals surface area contributed by atoms with Crippen LogP contribution in [0.15, 0.2) is 60.8 Å². The summed E-state index contributed by atoms with van der Waals surface area (Å²) >= 11 is 0. The van der Waals surface area contributed by atoms with E-state index in [2.05, 4.69) is 15.6 Å². The third-order valence-corrected chi connectivity index (χ3v) is 4.27. The number of nitrogens with zero attached hydrogens (tertiary/aromatic N) is 1. The van der Waals surface area contributed by atoms with E-state index < -0.39 is 0 Å². The molecule has 0 bridgehead atoms. The second kappa shape index (κ2) is 9.45. The number of benzene rings is 2. The highest BCUT2D eigenvalue weighted by molar-refractivity contribution is 6.04. The van der Waals surface area contributed by atoms with Crippen molar-refractivity contribution < 1.29 is 19.0 Å². The standard InChI is InChI=1S/C22H23N3O4/c1-27-18-6-4-5-16(12-18)22(26)25-17-8-10-21(24-14-17)23-13-15-7-9-19(28-2)20(11-15)29-3/h4-12,14H,13H2,1-3H3,(H,23,24)(H,25,26). The molecule has 1 amide bonds. The quantitative estimate of drug-likeness (QED) is 0.603. The van der Waals surface area contributed by atoms with Gasteiger partial charge in [-0.25, -0.2) is 4.98 Å². The monoisotopic (exact) mass is 393 g/mol. The highest BCUT2D eigenvalue weighted by Gasteiger charge is 2.08. The number of carbonyl (C=O) groups excluding carboxylic acids is 1. The first-order chi connectivity index (χ1) is 14.1. The lowest BCUT2D eigenvalue weighted by atomic mass is 10.2. The van der Waals surface area contributed by atoms with E-state index >= 15 is 0 Å². The summed E-state index contributed by atoms with van der Waals surface area (Å²) in [5.41, 5.74) is 2.15. The zero-order chi connectivity index (χ0) is 20.6. The Balaban J connectivity index is 1.59. The number of carbonyl (C=O) groups is 1. The van der Waals surface area contributed by atoms with Gasteiger partial charge in [0.15, 0.2) is 11.5 Å². The first kappa shape index (κ1) is 20.0. The van der Waals surface area contributed by atoms with E-state index in [4.69, 9.17) is 14.2 Å². The lowest BCUT2D eigenvalue weighted by Crippen LogP contribution is -2.12. The SMILES string of the molecule is COc1cccc(C(=O)Nc2ccc(NCc3ccc(OC)c(OC)c3)nc2)c1. The van der Waals surface area contributed by atoms with E-state index in [0.29, 0.717) is 40.9 Å². The molecule has 0 fully saturated rings. The minimum atomic E-state index is -0.225. The second-order valence-corrected chi connectivity index (χ2v) is 6.16. The molecule has 1 heterocycles. The third-order valence-electron chi connectivity index (χ3n) is 4.27. The van der Waals surface area contributed by atoms with Crippen molar-refractivity contribution >= 4 is 17.4 Å². The average molecular weight is 393 g/mol. The van der Waals surface area contributed by atoms with Crippen LogP contribution in [0.1, 0.15) is 15.9 Å². The number of pyridine rings is 1. The molecule has 7 heteroatoms. The van der Waals surface area contributed by atoms with E-state index in [1.165, 1.54) is 0 Å². The van der Waals surface area contributed by atoms with E-state index in [1.54, 1.807) is 57.9 Å². The fourth-order valence-electron chi connectivity index (χ4n) is 2.72. The van der Waals surface area contributed by atoms with Crippen LogP contribution in [0.3, 0.4) is 0 Å². The lowest BCUT2D eigenvalue weighted by molar-refractivity contribution is 0.102. The number of hydrogen-bond donors (Lipinski definition) is 2. The van der Waals surface area contributed by atoms with Crippen molar-refractivity contribution in [1.82, 2.24) is 4.98 Å². The van der Waals surface area contributed by atoms with Crippen molar-refractivity contribution in [3.63, 3.8) is 0 Å². The molecule has 2 N–H and O–H groups in total. The van der Waals surface area contributed by atoms with Crippen LogP contribution in [-0.2, 0) is 6.54 Å². The Morgan fingerprint density at radius 3 is 2.45 bits per heavy atom. The number of ether oxygens (including phenoxy) is 3. The summed E-state index contributed by atoms with van der Waals surface area (Å²) in [5.74, 6) is 2.46. The first-order valence-electron chi connectivity index (χ1n) is 8.99. The fraction of sp³-hybridized carbons (Fsp3) is 0.182. The van der Waals surface area contributed by atoms with Crippen molar-refractivity contribution in [1.29, 1.82) is 0 Å². The Bertz CT molecular complexity index is 974. The van der Waals surface area contributed by atoms with Gasteiger partial charge >= 0.3 is 0 Å². The van der Waals surface area contributed by atoms with E-state index in [1.807, 2.05) is 24.3 Å². The Morgan fingerprint density at radius 1 is 0.931 bits per heavy atom. The smallest absolute Gasteiger partial charge is 0.255 e. The van der Waals surface area contributed by atoms with Gasteiger partial charge in [-0.15, -0.1) is 0 Å². The highest BCUT2D eigenvalue weighted by Crippen LogP contribution is 2.27. The normalized spacial score (nSPS) is 10.2. The van der Waals surface area contributed by atoms with Crippen LogP contribution in [-0.4, -0.2) is 32.2 Å². The van der Waals surface area contributed by atoms with Gasteiger partial charge in [0.1, 0.15) is 11.6 Å². The number of anilines is 2. The number of aromatic nitrogens is 1. The molecule has 0 radical (unpaired) electrons. The van der Waals surface area contributed by atoms with Crippen LogP contribution in [0.25, 0.3) is 0 Å². The fourth-order valence-corrected chi connectivity index (χ4v) is 2.72. The van der Waals surface area contributed by atoms with E-state index in [-0.39, 0.29) is 5.91 Å². The zero-order valence-electron chi connectivity index (χ0n) is 16.6. The molecule has 1 aromatic heterocycles. The molecule has 29 heavy (non-hydrogen) atoms. The topological polar surface area (TPSA) is 81.7 Å². The molecule has 150 valence electrons. The molecule has 0 unspecified atom stereocenters. The minimum absolute atomic E-state index is 0.225. The molecule has 0 atom stereocenters. The summed E-state index contributed by atoms with van der Waals surface area (Å²) in [4.78, 5) is 16.7. The molecule has 2 aromatic carbocycles. The van der Waals surface area contributed by atoms with Gasteiger partial charge in [0.2, 0.25) is 0 Å². The summed E-state index contributed by atoms with van der Waals surface area (Å²) in [6.07, 6.45) is 1.61. The largest absolute Gasteiger partial charge is 0.497 e. The highest BCUT2D eigenvalue weighted by atomic mass is 16.5. The van der Waals surface area contributed by atoms with Gasteiger partial charge in [0.05, 0.1) is 33.2 Å². The molecule has 7 nitrogen and oxygen atoms in total. The molecule has 3 rings (SSSR count). The van der Waals surface area contributed by atoms with Crippen LogP contribution in [0.4, 0.5) is 11.5 Å². The van der Waals surface area contributed by atoms with Gasteiger partial charge < -0.3 is 24.8 Å². The van der Waals surface area contributed by atoms with Gasteiger partial charge in [0.25, 0.3) is 5.91 Å². The molecule has 0 spiro atoms.